The molecular weight excluding hydrogens is 347 g/mol. The normalized spacial score (nSPS) is 17.1. The Kier molecular flexibility index (Phi) is 4.58. The molecule has 1 saturated heterocycles. The lowest BCUT2D eigenvalue weighted by atomic mass is 9.90. The molecule has 2 N–H and O–H groups in total. The maximum absolute atomic E-state index is 13.2. The van der Waals surface area contributed by atoms with Crippen molar-refractivity contribution in [3.05, 3.63) is 76.2 Å². The lowest BCUT2D eigenvalue weighted by molar-refractivity contribution is 0.0704. The van der Waals surface area contributed by atoms with Crippen molar-refractivity contribution in [2.75, 3.05) is 13.1 Å². The summed E-state index contributed by atoms with van der Waals surface area (Å²) in [5.41, 5.74) is 2.50. The first-order valence-corrected chi connectivity index (χ1v) is 8.89. The highest BCUT2D eigenvalue weighted by Gasteiger charge is 2.29. The minimum absolute atomic E-state index is 0.0769. The van der Waals surface area contributed by atoms with Crippen molar-refractivity contribution in [1.29, 1.82) is 0 Å². The van der Waals surface area contributed by atoms with Crippen LogP contribution in [0, 0.1) is 5.82 Å². The fraction of sp³-hybridized carbons (Fsp3) is 0.250. The Hall–Kier alpha value is -3.22. The molecule has 2 aromatic heterocycles. The largest absolute Gasteiger partial charge is 0.338 e. The number of nitrogens with zero attached hydrogens (tertiary/aromatic N) is 2. The van der Waals surface area contributed by atoms with Gasteiger partial charge in [0.15, 0.2) is 0 Å². The van der Waals surface area contributed by atoms with Gasteiger partial charge in [-0.3, -0.25) is 14.7 Å². The highest BCUT2D eigenvalue weighted by Crippen LogP contribution is 2.33. The molecule has 0 unspecified atom stereocenters. The van der Waals surface area contributed by atoms with Crippen molar-refractivity contribution in [1.82, 2.24) is 20.1 Å². The van der Waals surface area contributed by atoms with Gasteiger partial charge in [-0.2, -0.15) is 5.10 Å². The molecule has 0 radical (unpaired) electrons. The van der Waals surface area contributed by atoms with Gasteiger partial charge in [-0.05, 0) is 42.7 Å². The zero-order valence-electron chi connectivity index (χ0n) is 14.6. The number of aromatic amines is 2. The number of carbonyl (C=O) groups excluding carboxylic acids is 1. The summed E-state index contributed by atoms with van der Waals surface area (Å²) >= 11 is 0. The number of aromatic nitrogens is 3. The quantitative estimate of drug-likeness (QED) is 0.748. The van der Waals surface area contributed by atoms with Gasteiger partial charge in [0.2, 0.25) is 0 Å². The van der Waals surface area contributed by atoms with Crippen molar-refractivity contribution < 1.29 is 9.18 Å². The molecule has 4 rings (SSSR count). The minimum Gasteiger partial charge on any atom is -0.338 e. The summed E-state index contributed by atoms with van der Waals surface area (Å²) in [6.45, 7) is 1.12. The number of rotatable bonds is 3. The molecule has 1 fully saturated rings. The van der Waals surface area contributed by atoms with Crippen LogP contribution in [0.4, 0.5) is 4.39 Å². The Bertz CT molecular complexity index is 1010. The maximum atomic E-state index is 13.2. The van der Waals surface area contributed by atoms with Gasteiger partial charge < -0.3 is 9.88 Å². The van der Waals surface area contributed by atoms with E-state index in [1.54, 1.807) is 35.4 Å². The zero-order valence-corrected chi connectivity index (χ0v) is 14.6. The third kappa shape index (κ3) is 3.40. The molecule has 1 atom stereocenters. The molecule has 0 spiro atoms. The number of piperidine rings is 1. The topological polar surface area (TPSA) is 81.9 Å². The van der Waals surface area contributed by atoms with E-state index in [4.69, 9.17) is 0 Å². The smallest absolute Gasteiger partial charge is 0.260 e. The van der Waals surface area contributed by atoms with Crippen molar-refractivity contribution >= 4 is 5.91 Å². The summed E-state index contributed by atoms with van der Waals surface area (Å²) in [5.74, 6) is -0.469. The first kappa shape index (κ1) is 17.2. The van der Waals surface area contributed by atoms with Crippen molar-refractivity contribution in [2.45, 2.75) is 18.8 Å². The van der Waals surface area contributed by atoms with Crippen LogP contribution in [0.25, 0.3) is 11.1 Å². The van der Waals surface area contributed by atoms with E-state index >= 15 is 0 Å². The second-order valence-electron chi connectivity index (χ2n) is 6.71. The molecule has 1 aliphatic heterocycles. The number of pyridine rings is 1. The van der Waals surface area contributed by atoms with Gasteiger partial charge in [0, 0.05) is 36.5 Å². The lowest BCUT2D eigenvalue weighted by Crippen LogP contribution is -2.41. The van der Waals surface area contributed by atoms with E-state index in [-0.39, 0.29) is 28.8 Å². The van der Waals surface area contributed by atoms with Crippen molar-refractivity contribution in [3.63, 3.8) is 0 Å². The Labute approximate surface area is 155 Å². The van der Waals surface area contributed by atoms with Crippen LogP contribution < -0.4 is 5.56 Å². The number of likely N-dealkylation sites (tertiary alicyclic amines) is 1. The molecule has 3 heterocycles. The molecule has 138 valence electrons. The monoisotopic (exact) mass is 366 g/mol. The predicted octanol–water partition coefficient (Wildman–Crippen LogP) is 2.92. The number of hydrogen-bond acceptors (Lipinski definition) is 3. The van der Waals surface area contributed by atoms with Crippen molar-refractivity contribution in [3.8, 4) is 11.1 Å². The van der Waals surface area contributed by atoms with E-state index in [1.807, 2.05) is 0 Å². The van der Waals surface area contributed by atoms with E-state index < -0.39 is 0 Å². The minimum atomic E-state index is -0.377. The Morgan fingerprint density at radius 3 is 2.81 bits per heavy atom. The first-order valence-electron chi connectivity index (χ1n) is 8.89. The lowest BCUT2D eigenvalue weighted by Gasteiger charge is -2.32. The number of H-pyrrole nitrogens is 2. The van der Waals surface area contributed by atoms with Crippen LogP contribution in [0.3, 0.4) is 0 Å². The molecular formula is C20H19FN4O2. The summed E-state index contributed by atoms with van der Waals surface area (Å²) in [6, 6.07) is 9.48. The van der Waals surface area contributed by atoms with Gasteiger partial charge in [0.25, 0.3) is 11.5 Å². The fourth-order valence-corrected chi connectivity index (χ4v) is 3.62. The SMILES string of the molecule is O=C(c1ccc[nH]c1=O)N1CCC[C@H](c2[nH]ncc2-c2ccc(F)cc2)C1. The molecule has 0 saturated carbocycles. The van der Waals surface area contributed by atoms with Gasteiger partial charge in [0.1, 0.15) is 11.4 Å². The molecule has 7 heteroatoms. The number of carbonyl (C=O) groups is 1. The highest BCUT2D eigenvalue weighted by atomic mass is 19.1. The van der Waals surface area contributed by atoms with E-state index in [1.165, 1.54) is 18.3 Å². The van der Waals surface area contributed by atoms with E-state index in [2.05, 4.69) is 15.2 Å². The summed E-state index contributed by atoms with van der Waals surface area (Å²) in [6.07, 6.45) is 4.98. The van der Waals surface area contributed by atoms with E-state index in [9.17, 15) is 14.0 Å². The molecule has 3 aromatic rings. The maximum Gasteiger partial charge on any atom is 0.260 e. The standard InChI is InChI=1S/C20H19FN4O2/c21-15-7-5-13(6-8-15)17-11-23-24-18(17)14-3-2-10-25(12-14)20(27)16-4-1-9-22-19(16)26/h1,4-9,11,14H,2-3,10,12H2,(H,22,26)(H,23,24)/t14-/m0/s1. The van der Waals surface area contributed by atoms with Crippen LogP contribution in [0.15, 0.2) is 53.6 Å². The van der Waals surface area contributed by atoms with Crippen LogP contribution in [-0.2, 0) is 0 Å². The van der Waals surface area contributed by atoms with E-state index in [0.717, 1.165) is 29.7 Å². The van der Waals surface area contributed by atoms with E-state index in [0.29, 0.717) is 13.1 Å². The van der Waals surface area contributed by atoms with Crippen molar-refractivity contribution in [2.24, 2.45) is 0 Å². The summed E-state index contributed by atoms with van der Waals surface area (Å²) < 4.78 is 13.2. The summed E-state index contributed by atoms with van der Waals surface area (Å²) in [4.78, 5) is 29.0. The average molecular weight is 366 g/mol. The third-order valence-electron chi connectivity index (χ3n) is 4.99. The van der Waals surface area contributed by atoms with Crippen LogP contribution in [0.5, 0.6) is 0 Å². The molecule has 1 aliphatic rings. The summed E-state index contributed by atoms with van der Waals surface area (Å²) in [5, 5.41) is 7.21. The molecule has 6 nitrogen and oxygen atoms in total. The molecule has 27 heavy (non-hydrogen) atoms. The number of benzene rings is 1. The fourth-order valence-electron chi connectivity index (χ4n) is 3.62. The van der Waals surface area contributed by atoms with Gasteiger partial charge in [-0.25, -0.2) is 4.39 Å². The molecule has 0 aliphatic carbocycles. The average Bonchev–Trinajstić information content (AvgIpc) is 3.18. The number of amides is 1. The van der Waals surface area contributed by atoms with Crippen LogP contribution in [0.1, 0.15) is 34.8 Å². The van der Waals surface area contributed by atoms with Crippen LogP contribution in [0.2, 0.25) is 0 Å². The zero-order chi connectivity index (χ0) is 18.8. The second-order valence-corrected chi connectivity index (χ2v) is 6.71. The Morgan fingerprint density at radius 1 is 1.22 bits per heavy atom. The Balaban J connectivity index is 1.59. The van der Waals surface area contributed by atoms with Gasteiger partial charge >= 0.3 is 0 Å². The molecule has 1 amide bonds. The van der Waals surface area contributed by atoms with Gasteiger partial charge in [0.05, 0.1) is 6.20 Å². The third-order valence-corrected chi connectivity index (χ3v) is 4.99. The number of halogens is 1. The van der Waals surface area contributed by atoms with Gasteiger partial charge in [-0.1, -0.05) is 12.1 Å². The number of nitrogens with one attached hydrogen (secondary N) is 2. The molecule has 1 aromatic carbocycles. The molecule has 0 bridgehead atoms. The summed E-state index contributed by atoms with van der Waals surface area (Å²) in [7, 11) is 0. The Morgan fingerprint density at radius 2 is 2.04 bits per heavy atom. The highest BCUT2D eigenvalue weighted by molar-refractivity contribution is 5.93. The first-order chi connectivity index (χ1) is 13.1. The predicted molar refractivity (Wildman–Crippen MR) is 98.9 cm³/mol. The number of hydrogen-bond donors (Lipinski definition) is 2. The van der Waals surface area contributed by atoms with Crippen LogP contribution in [-0.4, -0.2) is 39.1 Å². The second kappa shape index (κ2) is 7.19. The van der Waals surface area contributed by atoms with Gasteiger partial charge in [-0.15, -0.1) is 0 Å². The van der Waals surface area contributed by atoms with Crippen LogP contribution >= 0.6 is 0 Å².